The molecule has 2 aromatic carbocycles. The van der Waals surface area contributed by atoms with E-state index < -0.39 is 17.6 Å². The molecule has 3 N–H and O–H groups in total. The maximum absolute atomic E-state index is 13.8. The summed E-state index contributed by atoms with van der Waals surface area (Å²) in [6.07, 6.45) is -3.00. The lowest BCUT2D eigenvalue weighted by Crippen LogP contribution is -2.55. The van der Waals surface area contributed by atoms with Gasteiger partial charge in [0.2, 0.25) is 0 Å². The van der Waals surface area contributed by atoms with Crippen molar-refractivity contribution in [1.29, 1.82) is 0 Å². The SMILES string of the molecule is Cc1cc(C(=O)N2C[C@@H](C)N[C@@H](C)C2)c(C=C2C(=O)Nc3cccc(-c4ccccc4C(F)(F)F)c32)[nH]1. The molecule has 3 heterocycles. The number of alkyl halides is 3. The summed E-state index contributed by atoms with van der Waals surface area (Å²) in [5, 5.41) is 6.16. The van der Waals surface area contributed by atoms with Gasteiger partial charge in [-0.3, -0.25) is 9.59 Å². The number of hydrogen-bond acceptors (Lipinski definition) is 3. The number of carbonyl (C=O) groups excluding carboxylic acids is 2. The number of aromatic nitrogens is 1. The van der Waals surface area contributed by atoms with Gasteiger partial charge >= 0.3 is 6.18 Å². The van der Waals surface area contributed by atoms with Crippen LogP contribution in [0, 0.1) is 6.92 Å². The first-order valence-electron chi connectivity index (χ1n) is 12.1. The maximum atomic E-state index is 13.8. The van der Waals surface area contributed by atoms with Crippen LogP contribution in [0.5, 0.6) is 0 Å². The Morgan fingerprint density at radius 2 is 1.70 bits per heavy atom. The fourth-order valence-corrected chi connectivity index (χ4v) is 5.29. The van der Waals surface area contributed by atoms with Gasteiger partial charge in [0.05, 0.1) is 22.4 Å². The van der Waals surface area contributed by atoms with E-state index in [-0.39, 0.29) is 34.7 Å². The average molecular weight is 509 g/mol. The number of anilines is 1. The molecule has 0 spiro atoms. The molecule has 0 bridgehead atoms. The van der Waals surface area contributed by atoms with Gasteiger partial charge in [-0.15, -0.1) is 0 Å². The van der Waals surface area contributed by atoms with Crippen molar-refractivity contribution in [2.24, 2.45) is 0 Å². The van der Waals surface area contributed by atoms with E-state index >= 15 is 0 Å². The van der Waals surface area contributed by atoms with E-state index in [0.717, 1.165) is 11.8 Å². The van der Waals surface area contributed by atoms with Crippen molar-refractivity contribution in [2.75, 3.05) is 18.4 Å². The number of piperazine rings is 1. The molecule has 2 amide bonds. The summed E-state index contributed by atoms with van der Waals surface area (Å²) in [5.41, 5.74) is 2.08. The number of H-pyrrole nitrogens is 1. The Hall–Kier alpha value is -3.85. The molecule has 9 heteroatoms. The molecule has 5 rings (SSSR count). The van der Waals surface area contributed by atoms with E-state index in [0.29, 0.717) is 35.6 Å². The Balaban J connectivity index is 1.61. The molecule has 2 atom stereocenters. The van der Waals surface area contributed by atoms with E-state index in [9.17, 15) is 22.8 Å². The van der Waals surface area contributed by atoms with Crippen molar-refractivity contribution in [2.45, 2.75) is 39.0 Å². The first-order chi connectivity index (χ1) is 17.5. The Bertz CT molecular complexity index is 1410. The summed E-state index contributed by atoms with van der Waals surface area (Å²) in [5.74, 6) is -0.604. The Labute approximate surface area is 212 Å². The number of hydrogen-bond donors (Lipinski definition) is 3. The van der Waals surface area contributed by atoms with E-state index in [1.54, 1.807) is 35.2 Å². The molecule has 1 aromatic heterocycles. The first kappa shape index (κ1) is 24.8. The average Bonchev–Trinajstić information content (AvgIpc) is 3.36. The molecule has 0 aliphatic carbocycles. The van der Waals surface area contributed by atoms with Crippen LogP contribution in [0.15, 0.2) is 48.5 Å². The fraction of sp³-hybridized carbons (Fsp3) is 0.286. The molecule has 0 saturated carbocycles. The third-order valence-corrected chi connectivity index (χ3v) is 6.70. The quantitative estimate of drug-likeness (QED) is 0.419. The third kappa shape index (κ3) is 4.67. The monoisotopic (exact) mass is 508 g/mol. The predicted molar refractivity (Wildman–Crippen MR) is 137 cm³/mol. The molecule has 6 nitrogen and oxygen atoms in total. The fourth-order valence-electron chi connectivity index (χ4n) is 5.29. The summed E-state index contributed by atoms with van der Waals surface area (Å²) in [4.78, 5) is 31.5. The zero-order valence-corrected chi connectivity index (χ0v) is 20.7. The van der Waals surface area contributed by atoms with E-state index in [2.05, 4.69) is 15.6 Å². The predicted octanol–water partition coefficient (Wildman–Crippen LogP) is 5.32. The lowest BCUT2D eigenvalue weighted by atomic mass is 9.91. The van der Waals surface area contributed by atoms with Gasteiger partial charge in [0, 0.05) is 42.1 Å². The van der Waals surface area contributed by atoms with Gasteiger partial charge < -0.3 is 20.5 Å². The molecule has 3 aromatic rings. The van der Waals surface area contributed by atoms with Crippen molar-refractivity contribution in [3.05, 3.63) is 76.6 Å². The molecular weight excluding hydrogens is 481 g/mol. The zero-order valence-electron chi connectivity index (χ0n) is 20.7. The highest BCUT2D eigenvalue weighted by molar-refractivity contribution is 6.36. The van der Waals surface area contributed by atoms with Crippen LogP contribution in [0.3, 0.4) is 0 Å². The second kappa shape index (κ2) is 9.23. The molecular formula is C28H27F3N4O2. The van der Waals surface area contributed by atoms with E-state index in [1.165, 1.54) is 18.2 Å². The van der Waals surface area contributed by atoms with Crippen LogP contribution >= 0.6 is 0 Å². The van der Waals surface area contributed by atoms with Crippen molar-refractivity contribution < 1.29 is 22.8 Å². The molecule has 37 heavy (non-hydrogen) atoms. The van der Waals surface area contributed by atoms with Crippen LogP contribution < -0.4 is 10.6 Å². The van der Waals surface area contributed by atoms with Crippen LogP contribution in [-0.4, -0.2) is 46.9 Å². The largest absolute Gasteiger partial charge is 0.417 e. The molecule has 1 saturated heterocycles. The summed E-state index contributed by atoms with van der Waals surface area (Å²) in [6.45, 7) is 6.94. The zero-order chi connectivity index (χ0) is 26.5. The number of nitrogens with zero attached hydrogens (tertiary/aromatic N) is 1. The molecule has 2 aliphatic rings. The molecule has 1 fully saturated rings. The lowest BCUT2D eigenvalue weighted by Gasteiger charge is -2.36. The molecule has 192 valence electrons. The second-order valence-electron chi connectivity index (χ2n) is 9.74. The number of aryl methyl sites for hydroxylation is 1. The summed E-state index contributed by atoms with van der Waals surface area (Å²) in [6, 6.07) is 12.2. The van der Waals surface area contributed by atoms with Crippen molar-refractivity contribution in [3.8, 4) is 11.1 Å². The highest BCUT2D eigenvalue weighted by Gasteiger charge is 2.36. The van der Waals surface area contributed by atoms with Gasteiger partial charge in [-0.2, -0.15) is 13.2 Å². The minimum absolute atomic E-state index is 0.0167. The van der Waals surface area contributed by atoms with Gasteiger partial charge in [0.25, 0.3) is 11.8 Å². The highest BCUT2D eigenvalue weighted by atomic mass is 19.4. The Morgan fingerprint density at radius 1 is 1.03 bits per heavy atom. The number of rotatable bonds is 3. The van der Waals surface area contributed by atoms with E-state index in [4.69, 9.17) is 0 Å². The van der Waals surface area contributed by atoms with Crippen LogP contribution in [0.2, 0.25) is 0 Å². The summed E-state index contributed by atoms with van der Waals surface area (Å²) in [7, 11) is 0. The number of halogens is 3. The number of benzene rings is 2. The van der Waals surface area contributed by atoms with Crippen molar-refractivity contribution in [3.63, 3.8) is 0 Å². The number of aromatic amines is 1. The lowest BCUT2D eigenvalue weighted by molar-refractivity contribution is -0.137. The Kier molecular flexibility index (Phi) is 6.19. The topological polar surface area (TPSA) is 77.2 Å². The maximum Gasteiger partial charge on any atom is 0.417 e. The minimum atomic E-state index is -4.56. The van der Waals surface area contributed by atoms with Gasteiger partial charge in [0.15, 0.2) is 0 Å². The molecule has 0 radical (unpaired) electrons. The van der Waals surface area contributed by atoms with Crippen molar-refractivity contribution in [1.82, 2.24) is 15.2 Å². The van der Waals surface area contributed by atoms with Gasteiger partial charge in [0.1, 0.15) is 0 Å². The molecule has 0 unspecified atom stereocenters. The number of carbonyl (C=O) groups is 2. The van der Waals surface area contributed by atoms with Crippen LogP contribution in [-0.2, 0) is 11.0 Å². The molecule has 2 aliphatic heterocycles. The number of nitrogens with one attached hydrogen (secondary N) is 3. The third-order valence-electron chi connectivity index (χ3n) is 6.70. The van der Waals surface area contributed by atoms with Gasteiger partial charge in [-0.25, -0.2) is 0 Å². The second-order valence-corrected chi connectivity index (χ2v) is 9.74. The summed E-state index contributed by atoms with van der Waals surface area (Å²) < 4.78 is 41.5. The number of fused-ring (bicyclic) bond motifs is 1. The Morgan fingerprint density at radius 3 is 2.41 bits per heavy atom. The number of amides is 2. The summed E-state index contributed by atoms with van der Waals surface area (Å²) >= 11 is 0. The van der Waals surface area contributed by atoms with E-state index in [1.807, 2.05) is 20.8 Å². The van der Waals surface area contributed by atoms with Gasteiger partial charge in [-0.05, 0) is 56.2 Å². The normalized spacial score (nSPS) is 20.8. The van der Waals surface area contributed by atoms with Gasteiger partial charge in [-0.1, -0.05) is 30.3 Å². The first-order valence-corrected chi connectivity index (χ1v) is 12.1. The smallest absolute Gasteiger partial charge is 0.358 e. The van der Waals surface area contributed by atoms with Crippen LogP contribution in [0.25, 0.3) is 22.8 Å². The van der Waals surface area contributed by atoms with Crippen LogP contribution in [0.1, 0.15) is 46.7 Å². The van der Waals surface area contributed by atoms with Crippen LogP contribution in [0.4, 0.5) is 18.9 Å². The minimum Gasteiger partial charge on any atom is -0.358 e. The standard InChI is InChI=1S/C28H27F3N4O2/c1-15-11-20(27(37)35-13-16(2)32-17(3)14-35)24(33-15)12-21-25-19(8-6-10-23(25)34-26(21)36)18-7-4-5-9-22(18)28(29,30)31/h4-12,16-17,32-33H,13-14H2,1-3H3,(H,34,36)/t16-,17+. The van der Waals surface area contributed by atoms with Crippen molar-refractivity contribution >= 4 is 29.2 Å². The highest BCUT2D eigenvalue weighted by Crippen LogP contribution is 2.44.